The molecule has 0 saturated carbocycles. The van der Waals surface area contributed by atoms with Gasteiger partial charge in [-0.1, -0.05) is 6.07 Å². The third-order valence-corrected chi connectivity index (χ3v) is 2.68. The summed E-state index contributed by atoms with van der Waals surface area (Å²) in [5, 5.41) is 8.93. The van der Waals surface area contributed by atoms with Crippen LogP contribution in [-0.4, -0.2) is 9.97 Å². The summed E-state index contributed by atoms with van der Waals surface area (Å²) in [4.78, 5) is 7.92. The van der Waals surface area contributed by atoms with E-state index in [2.05, 4.69) is 9.97 Å². The number of aromatic nitrogens is 2. The van der Waals surface area contributed by atoms with E-state index in [1.54, 1.807) is 13.8 Å². The van der Waals surface area contributed by atoms with Crippen LogP contribution < -0.4 is 0 Å². The molecule has 0 aliphatic carbocycles. The largest absolute Gasteiger partial charge is 0.233 e. The normalized spacial score (nSPS) is 10.2. The van der Waals surface area contributed by atoms with E-state index in [1.807, 2.05) is 6.07 Å². The molecule has 0 unspecified atom stereocenters. The average Bonchev–Trinajstić information content (AvgIpc) is 2.33. The van der Waals surface area contributed by atoms with Gasteiger partial charge < -0.3 is 0 Å². The van der Waals surface area contributed by atoms with Gasteiger partial charge in [-0.2, -0.15) is 5.26 Å². The highest BCUT2D eigenvalue weighted by atomic mass is 19.1. The predicted molar refractivity (Wildman–Crippen MR) is 61.6 cm³/mol. The van der Waals surface area contributed by atoms with Crippen molar-refractivity contribution in [3.05, 3.63) is 46.8 Å². The lowest BCUT2D eigenvalue weighted by molar-refractivity contribution is 0.587. The van der Waals surface area contributed by atoms with E-state index in [-0.39, 0.29) is 17.1 Å². The van der Waals surface area contributed by atoms with E-state index in [1.165, 1.54) is 6.07 Å². The Balaban J connectivity index is 2.73. The summed E-state index contributed by atoms with van der Waals surface area (Å²) in [6, 6.07) is 5.41. The lowest BCUT2D eigenvalue weighted by Gasteiger charge is -2.07. The molecule has 0 radical (unpaired) electrons. The first kappa shape index (κ1) is 12.1. The van der Waals surface area contributed by atoms with Crippen LogP contribution in [0.2, 0.25) is 0 Å². The molecule has 0 spiro atoms. The molecule has 5 heteroatoms. The monoisotopic (exact) mass is 245 g/mol. The topological polar surface area (TPSA) is 49.6 Å². The molecule has 90 valence electrons. The van der Waals surface area contributed by atoms with E-state index in [0.717, 1.165) is 12.1 Å². The summed E-state index contributed by atoms with van der Waals surface area (Å²) < 4.78 is 27.2. The molecule has 0 bridgehead atoms. The minimum Gasteiger partial charge on any atom is -0.233 e. The second-order valence-electron chi connectivity index (χ2n) is 3.81. The van der Waals surface area contributed by atoms with Crippen LogP contribution in [-0.2, 0) is 0 Å². The molecular formula is C13H9F2N3. The number of hydrogen-bond donors (Lipinski definition) is 0. The third-order valence-electron chi connectivity index (χ3n) is 2.68. The van der Waals surface area contributed by atoms with Gasteiger partial charge in [-0.3, -0.25) is 0 Å². The Hall–Kier alpha value is -2.35. The lowest BCUT2D eigenvalue weighted by Crippen LogP contribution is -2.02. The fourth-order valence-corrected chi connectivity index (χ4v) is 1.56. The van der Waals surface area contributed by atoms with Crippen molar-refractivity contribution in [2.75, 3.05) is 0 Å². The van der Waals surface area contributed by atoms with E-state index >= 15 is 0 Å². The number of aryl methyl sites for hydroxylation is 1. The van der Waals surface area contributed by atoms with Crippen LogP contribution in [0.1, 0.15) is 17.0 Å². The van der Waals surface area contributed by atoms with Gasteiger partial charge in [0.15, 0.2) is 5.82 Å². The van der Waals surface area contributed by atoms with Gasteiger partial charge in [0, 0.05) is 11.3 Å². The SMILES string of the molecule is Cc1nc(-c2c(F)cccc2F)nc(C#N)c1C. The molecule has 0 saturated heterocycles. The number of nitriles is 1. The molecule has 0 amide bonds. The zero-order valence-electron chi connectivity index (χ0n) is 9.83. The highest BCUT2D eigenvalue weighted by Gasteiger charge is 2.16. The molecule has 0 N–H and O–H groups in total. The van der Waals surface area contributed by atoms with Gasteiger partial charge in [-0.15, -0.1) is 0 Å². The molecule has 1 aromatic heterocycles. The van der Waals surface area contributed by atoms with Gasteiger partial charge in [0.25, 0.3) is 0 Å². The quantitative estimate of drug-likeness (QED) is 0.776. The van der Waals surface area contributed by atoms with Crippen molar-refractivity contribution >= 4 is 0 Å². The Morgan fingerprint density at radius 2 is 1.72 bits per heavy atom. The van der Waals surface area contributed by atoms with Crippen molar-refractivity contribution in [1.82, 2.24) is 9.97 Å². The predicted octanol–water partition coefficient (Wildman–Crippen LogP) is 2.91. The fraction of sp³-hybridized carbons (Fsp3) is 0.154. The number of nitrogens with zero attached hydrogens (tertiary/aromatic N) is 3. The average molecular weight is 245 g/mol. The van der Waals surface area contributed by atoms with Crippen molar-refractivity contribution in [3.63, 3.8) is 0 Å². The third kappa shape index (κ3) is 1.93. The fourth-order valence-electron chi connectivity index (χ4n) is 1.56. The molecule has 0 aliphatic rings. The molecular weight excluding hydrogens is 236 g/mol. The van der Waals surface area contributed by atoms with Crippen LogP contribution in [0.25, 0.3) is 11.4 Å². The maximum Gasteiger partial charge on any atom is 0.166 e. The zero-order valence-corrected chi connectivity index (χ0v) is 9.83. The first-order chi connectivity index (χ1) is 8.54. The standard InChI is InChI=1S/C13H9F2N3/c1-7-8(2)17-13(18-11(7)6-16)12-9(14)4-3-5-10(12)15/h3-5H,1-2H3. The second kappa shape index (κ2) is 4.49. The zero-order chi connectivity index (χ0) is 13.3. The Morgan fingerprint density at radius 1 is 1.11 bits per heavy atom. The number of rotatable bonds is 1. The van der Waals surface area contributed by atoms with Gasteiger partial charge in [0.2, 0.25) is 0 Å². The maximum atomic E-state index is 13.6. The Morgan fingerprint density at radius 3 is 2.28 bits per heavy atom. The van der Waals surface area contributed by atoms with Crippen LogP contribution in [0.4, 0.5) is 8.78 Å². The van der Waals surface area contributed by atoms with Gasteiger partial charge in [-0.25, -0.2) is 18.7 Å². The van der Waals surface area contributed by atoms with Crippen molar-refractivity contribution in [3.8, 4) is 17.5 Å². The number of halogens is 2. The summed E-state index contributed by atoms with van der Waals surface area (Å²) in [5.74, 6) is -1.60. The van der Waals surface area contributed by atoms with Crippen molar-refractivity contribution in [2.24, 2.45) is 0 Å². The summed E-state index contributed by atoms with van der Waals surface area (Å²) in [7, 11) is 0. The van der Waals surface area contributed by atoms with Gasteiger partial charge >= 0.3 is 0 Å². The van der Waals surface area contributed by atoms with Crippen molar-refractivity contribution < 1.29 is 8.78 Å². The molecule has 3 nitrogen and oxygen atoms in total. The second-order valence-corrected chi connectivity index (χ2v) is 3.81. The van der Waals surface area contributed by atoms with Crippen molar-refractivity contribution in [2.45, 2.75) is 13.8 Å². The van der Waals surface area contributed by atoms with Gasteiger partial charge in [0.05, 0.1) is 5.56 Å². The highest BCUT2D eigenvalue weighted by molar-refractivity contribution is 5.58. The molecule has 1 aromatic carbocycles. The van der Waals surface area contributed by atoms with Crippen LogP contribution in [0.3, 0.4) is 0 Å². The Labute approximate surface area is 103 Å². The van der Waals surface area contributed by atoms with Crippen LogP contribution in [0, 0.1) is 36.8 Å². The smallest absolute Gasteiger partial charge is 0.166 e. The lowest BCUT2D eigenvalue weighted by atomic mass is 10.1. The van der Waals surface area contributed by atoms with Gasteiger partial charge in [-0.05, 0) is 26.0 Å². The minimum atomic E-state index is -0.748. The molecule has 2 rings (SSSR count). The minimum absolute atomic E-state index is 0.106. The van der Waals surface area contributed by atoms with E-state index in [0.29, 0.717) is 11.3 Å². The molecule has 0 aliphatic heterocycles. The van der Waals surface area contributed by atoms with Crippen LogP contribution >= 0.6 is 0 Å². The summed E-state index contributed by atoms with van der Waals surface area (Å²) in [6.45, 7) is 3.36. The molecule has 0 atom stereocenters. The maximum absolute atomic E-state index is 13.6. The van der Waals surface area contributed by atoms with Gasteiger partial charge in [0.1, 0.15) is 23.4 Å². The van der Waals surface area contributed by atoms with Crippen LogP contribution in [0.15, 0.2) is 18.2 Å². The summed E-state index contributed by atoms with van der Waals surface area (Å²) in [6.07, 6.45) is 0. The molecule has 2 aromatic rings. The van der Waals surface area contributed by atoms with Crippen molar-refractivity contribution in [1.29, 1.82) is 5.26 Å². The number of hydrogen-bond acceptors (Lipinski definition) is 3. The highest BCUT2D eigenvalue weighted by Crippen LogP contribution is 2.24. The summed E-state index contributed by atoms with van der Waals surface area (Å²) in [5.41, 5.74) is 0.953. The van der Waals surface area contributed by atoms with E-state index in [4.69, 9.17) is 5.26 Å². The molecule has 0 fully saturated rings. The summed E-state index contributed by atoms with van der Waals surface area (Å²) >= 11 is 0. The van der Waals surface area contributed by atoms with E-state index in [9.17, 15) is 8.78 Å². The molecule has 1 heterocycles. The number of benzene rings is 1. The first-order valence-electron chi connectivity index (χ1n) is 5.24. The Bertz CT molecular complexity index is 640. The molecule has 18 heavy (non-hydrogen) atoms. The van der Waals surface area contributed by atoms with Crippen LogP contribution in [0.5, 0.6) is 0 Å². The Kier molecular flexibility index (Phi) is 3.02. The first-order valence-corrected chi connectivity index (χ1v) is 5.24. The van der Waals surface area contributed by atoms with E-state index < -0.39 is 11.6 Å².